The van der Waals surface area contributed by atoms with E-state index in [1.807, 2.05) is 0 Å². The van der Waals surface area contributed by atoms with Gasteiger partial charge < -0.3 is 18.1 Å². The molecule has 0 aliphatic carbocycles. The predicted molar refractivity (Wildman–Crippen MR) is 92.3 cm³/mol. The minimum Gasteiger partial charge on any atom is -1.00 e. The van der Waals surface area contributed by atoms with E-state index in [0.717, 1.165) is 32.2 Å². The van der Waals surface area contributed by atoms with Crippen LogP contribution in [0, 0.1) is 0 Å². The first-order chi connectivity index (χ1) is 10.3. The number of rotatable bonds is 17. The highest BCUT2D eigenvalue weighted by atomic mass is 35.5. The molecule has 0 amide bonds. The minimum absolute atomic E-state index is 0. The summed E-state index contributed by atoms with van der Waals surface area (Å²) in [5.41, 5.74) is 3.78. The Morgan fingerprint density at radius 2 is 1.00 bits per heavy atom. The largest absolute Gasteiger partial charge is 1.00 e. The van der Waals surface area contributed by atoms with Gasteiger partial charge in [-0.1, -0.05) is 84.0 Å². The van der Waals surface area contributed by atoms with Crippen LogP contribution >= 0.6 is 0 Å². The van der Waals surface area contributed by atoms with Gasteiger partial charge in [-0.3, -0.25) is 4.79 Å². The van der Waals surface area contributed by atoms with E-state index in [-0.39, 0.29) is 12.4 Å². The van der Waals surface area contributed by atoms with Crippen molar-refractivity contribution >= 4 is 5.78 Å². The van der Waals surface area contributed by atoms with Crippen LogP contribution in [0.4, 0.5) is 0 Å². The van der Waals surface area contributed by atoms with Gasteiger partial charge in [0.1, 0.15) is 5.78 Å². The van der Waals surface area contributed by atoms with Crippen LogP contribution in [-0.4, -0.2) is 12.3 Å². The maximum Gasteiger partial charge on any atom is 0.133 e. The lowest BCUT2D eigenvalue weighted by Gasteiger charge is -2.03. The second kappa shape index (κ2) is 20.9. The SMILES string of the molecule is CCCCCCCCCCCCCCCC(=O)CCC[NH3+].[Cl-]. The monoisotopic (exact) mass is 333 g/mol. The van der Waals surface area contributed by atoms with Crippen molar-refractivity contribution in [1.82, 2.24) is 0 Å². The number of hydrogen-bond donors (Lipinski definition) is 1. The third-order valence-corrected chi connectivity index (χ3v) is 4.26. The molecule has 0 heterocycles. The number of carbonyl (C=O) groups excluding carboxylic acids is 1. The molecule has 0 spiro atoms. The van der Waals surface area contributed by atoms with Gasteiger partial charge >= 0.3 is 0 Å². The molecule has 0 aromatic carbocycles. The number of hydrogen-bond acceptors (Lipinski definition) is 1. The molecule has 0 unspecified atom stereocenters. The highest BCUT2D eigenvalue weighted by Gasteiger charge is 2.01. The molecule has 0 aliphatic rings. The standard InChI is InChI=1S/C19H39NO.ClH/c1-2-3-4-5-6-7-8-9-10-11-12-13-14-16-19(21)17-15-18-20;/h2-18,20H2,1H3;1H. The Hall–Kier alpha value is -0.0800. The van der Waals surface area contributed by atoms with Crippen LogP contribution in [0.25, 0.3) is 0 Å². The summed E-state index contributed by atoms with van der Waals surface area (Å²) in [6, 6.07) is 0. The molecular formula is C19H40ClNO. The van der Waals surface area contributed by atoms with Crippen LogP contribution in [0.5, 0.6) is 0 Å². The second-order valence-electron chi connectivity index (χ2n) is 6.49. The first-order valence-corrected chi connectivity index (χ1v) is 9.62. The normalized spacial score (nSPS) is 10.5. The number of carbonyl (C=O) groups is 1. The Labute approximate surface area is 145 Å². The zero-order chi connectivity index (χ0) is 15.6. The van der Waals surface area contributed by atoms with Crippen molar-refractivity contribution in [3.05, 3.63) is 0 Å². The summed E-state index contributed by atoms with van der Waals surface area (Å²) in [5, 5.41) is 0. The highest BCUT2D eigenvalue weighted by Crippen LogP contribution is 2.13. The summed E-state index contributed by atoms with van der Waals surface area (Å²) in [7, 11) is 0. The lowest BCUT2D eigenvalue weighted by atomic mass is 10.0. The van der Waals surface area contributed by atoms with E-state index < -0.39 is 0 Å². The van der Waals surface area contributed by atoms with Gasteiger partial charge in [-0.15, -0.1) is 0 Å². The zero-order valence-corrected chi connectivity index (χ0v) is 15.8. The van der Waals surface area contributed by atoms with Crippen molar-refractivity contribution < 1.29 is 22.9 Å². The van der Waals surface area contributed by atoms with E-state index in [4.69, 9.17) is 0 Å². The smallest absolute Gasteiger partial charge is 0.133 e. The highest BCUT2D eigenvalue weighted by molar-refractivity contribution is 5.78. The Kier molecular flexibility index (Phi) is 23.0. The van der Waals surface area contributed by atoms with E-state index in [9.17, 15) is 4.79 Å². The van der Waals surface area contributed by atoms with Gasteiger partial charge in [-0.2, -0.15) is 0 Å². The van der Waals surface area contributed by atoms with Crippen molar-refractivity contribution in [3.8, 4) is 0 Å². The Morgan fingerprint density at radius 1 is 0.636 bits per heavy atom. The Balaban J connectivity index is 0. The van der Waals surface area contributed by atoms with Crippen molar-refractivity contribution in [3.63, 3.8) is 0 Å². The summed E-state index contributed by atoms with van der Waals surface area (Å²) in [5.74, 6) is 0.446. The average molecular weight is 334 g/mol. The minimum atomic E-state index is 0. The topological polar surface area (TPSA) is 44.7 Å². The fourth-order valence-electron chi connectivity index (χ4n) is 2.79. The second-order valence-corrected chi connectivity index (χ2v) is 6.49. The number of ketones is 1. The third kappa shape index (κ3) is 19.9. The fourth-order valence-corrected chi connectivity index (χ4v) is 2.79. The molecule has 3 heteroatoms. The molecule has 0 saturated heterocycles. The maximum atomic E-state index is 11.5. The number of Topliss-reactive ketones (excluding diaryl/α,β-unsaturated/α-hetero) is 1. The number of unbranched alkanes of at least 4 members (excludes halogenated alkanes) is 12. The first kappa shape index (κ1) is 24.2. The Bertz CT molecular complexity index is 221. The molecule has 2 nitrogen and oxygen atoms in total. The molecule has 0 atom stereocenters. The quantitative estimate of drug-likeness (QED) is 0.407. The first-order valence-electron chi connectivity index (χ1n) is 9.62. The summed E-state index contributed by atoms with van der Waals surface area (Å²) >= 11 is 0. The summed E-state index contributed by atoms with van der Waals surface area (Å²) in [6.07, 6.45) is 20.3. The molecule has 3 N–H and O–H groups in total. The van der Waals surface area contributed by atoms with Gasteiger partial charge in [0.2, 0.25) is 0 Å². The molecule has 0 saturated carbocycles. The lowest BCUT2D eigenvalue weighted by Crippen LogP contribution is -3.00. The van der Waals surface area contributed by atoms with E-state index in [1.165, 1.54) is 77.0 Å². The predicted octanol–water partition coefficient (Wildman–Crippen LogP) is 2.06. The van der Waals surface area contributed by atoms with Crippen LogP contribution in [0.3, 0.4) is 0 Å². The van der Waals surface area contributed by atoms with Crippen molar-refractivity contribution in [2.24, 2.45) is 0 Å². The van der Waals surface area contributed by atoms with Crippen LogP contribution in [0.2, 0.25) is 0 Å². The molecule has 0 rings (SSSR count). The molecule has 0 fully saturated rings. The maximum absolute atomic E-state index is 11.5. The molecule has 134 valence electrons. The molecule has 0 radical (unpaired) electrons. The van der Waals surface area contributed by atoms with Gasteiger partial charge in [0.15, 0.2) is 0 Å². The van der Waals surface area contributed by atoms with Crippen molar-refractivity contribution in [2.45, 2.75) is 110 Å². The lowest BCUT2D eigenvalue weighted by molar-refractivity contribution is -0.368. The average Bonchev–Trinajstić information content (AvgIpc) is 2.49. The molecule has 0 aliphatic heterocycles. The van der Waals surface area contributed by atoms with Gasteiger partial charge in [0, 0.05) is 19.3 Å². The Morgan fingerprint density at radius 3 is 1.41 bits per heavy atom. The van der Waals surface area contributed by atoms with Gasteiger partial charge in [0.25, 0.3) is 0 Å². The molecule has 0 aromatic rings. The number of quaternary nitrogens is 1. The van der Waals surface area contributed by atoms with Crippen molar-refractivity contribution in [2.75, 3.05) is 6.54 Å². The van der Waals surface area contributed by atoms with Gasteiger partial charge in [-0.05, 0) is 6.42 Å². The van der Waals surface area contributed by atoms with E-state index in [2.05, 4.69) is 12.7 Å². The molecule has 0 bridgehead atoms. The fraction of sp³-hybridized carbons (Fsp3) is 0.947. The van der Waals surface area contributed by atoms with Gasteiger partial charge in [-0.25, -0.2) is 0 Å². The van der Waals surface area contributed by atoms with Crippen LogP contribution < -0.4 is 18.1 Å². The van der Waals surface area contributed by atoms with Crippen LogP contribution in [0.15, 0.2) is 0 Å². The summed E-state index contributed by atoms with van der Waals surface area (Å²) in [6.45, 7) is 3.17. The molecule has 0 aromatic heterocycles. The zero-order valence-electron chi connectivity index (χ0n) is 15.0. The number of halogens is 1. The molecule has 22 heavy (non-hydrogen) atoms. The summed E-state index contributed by atoms with van der Waals surface area (Å²) in [4.78, 5) is 11.5. The van der Waals surface area contributed by atoms with E-state index in [1.54, 1.807) is 0 Å². The summed E-state index contributed by atoms with van der Waals surface area (Å²) < 4.78 is 0. The van der Waals surface area contributed by atoms with E-state index in [0.29, 0.717) is 5.78 Å². The van der Waals surface area contributed by atoms with Crippen LogP contribution in [0.1, 0.15) is 110 Å². The third-order valence-electron chi connectivity index (χ3n) is 4.26. The van der Waals surface area contributed by atoms with Crippen molar-refractivity contribution in [1.29, 1.82) is 0 Å². The van der Waals surface area contributed by atoms with Crippen LogP contribution in [-0.2, 0) is 4.79 Å². The van der Waals surface area contributed by atoms with E-state index >= 15 is 0 Å². The molecular weight excluding hydrogens is 294 g/mol. The van der Waals surface area contributed by atoms with Gasteiger partial charge in [0.05, 0.1) is 6.54 Å².